The fourth-order valence-electron chi connectivity index (χ4n) is 0.463. The van der Waals surface area contributed by atoms with Gasteiger partial charge < -0.3 is 5.11 Å². The largest absolute Gasteiger partial charge is 0.388 e. The SMILES string of the molecule is Cl.Cn1ncnc1CO. The van der Waals surface area contributed by atoms with Crippen molar-refractivity contribution >= 4 is 12.4 Å². The molecule has 0 radical (unpaired) electrons. The van der Waals surface area contributed by atoms with E-state index in [1.54, 1.807) is 7.05 Å². The maximum absolute atomic E-state index is 8.48. The van der Waals surface area contributed by atoms with Crippen molar-refractivity contribution < 1.29 is 5.11 Å². The molecule has 0 fully saturated rings. The average Bonchev–Trinajstić information content (AvgIpc) is 2.14. The summed E-state index contributed by atoms with van der Waals surface area (Å²) in [4.78, 5) is 3.74. The van der Waals surface area contributed by atoms with Crippen LogP contribution in [0.25, 0.3) is 0 Å². The van der Waals surface area contributed by atoms with E-state index in [1.165, 1.54) is 11.0 Å². The van der Waals surface area contributed by atoms with Gasteiger partial charge in [-0.15, -0.1) is 12.4 Å². The molecule has 0 aliphatic heterocycles. The Labute approximate surface area is 58.9 Å². The first-order chi connectivity index (χ1) is 3.84. The van der Waals surface area contributed by atoms with E-state index in [-0.39, 0.29) is 19.0 Å². The Morgan fingerprint density at radius 1 is 1.78 bits per heavy atom. The molecule has 0 aliphatic carbocycles. The van der Waals surface area contributed by atoms with Crippen LogP contribution in [0.5, 0.6) is 0 Å². The van der Waals surface area contributed by atoms with Gasteiger partial charge in [0.05, 0.1) is 0 Å². The summed E-state index contributed by atoms with van der Waals surface area (Å²) < 4.78 is 1.53. The van der Waals surface area contributed by atoms with Crippen molar-refractivity contribution in [2.75, 3.05) is 0 Å². The molecule has 0 saturated carbocycles. The van der Waals surface area contributed by atoms with Crippen LogP contribution in [0.3, 0.4) is 0 Å². The molecule has 0 atom stereocenters. The van der Waals surface area contributed by atoms with Crippen LogP contribution in [-0.4, -0.2) is 19.9 Å². The van der Waals surface area contributed by atoms with Crippen LogP contribution in [0.15, 0.2) is 6.33 Å². The average molecular weight is 150 g/mol. The Bertz CT molecular complexity index is 176. The molecule has 0 spiro atoms. The fourth-order valence-corrected chi connectivity index (χ4v) is 0.463. The van der Waals surface area contributed by atoms with E-state index < -0.39 is 0 Å². The summed E-state index contributed by atoms with van der Waals surface area (Å²) in [5.41, 5.74) is 0. The van der Waals surface area contributed by atoms with Crippen molar-refractivity contribution in [3.8, 4) is 0 Å². The number of aromatic nitrogens is 3. The van der Waals surface area contributed by atoms with Crippen LogP contribution in [0.2, 0.25) is 0 Å². The van der Waals surface area contributed by atoms with Gasteiger partial charge in [-0.2, -0.15) is 5.10 Å². The third-order valence-electron chi connectivity index (χ3n) is 0.947. The second kappa shape index (κ2) is 3.42. The van der Waals surface area contributed by atoms with Gasteiger partial charge in [0, 0.05) is 7.05 Å². The molecule has 0 unspecified atom stereocenters. The van der Waals surface area contributed by atoms with Crippen molar-refractivity contribution in [2.24, 2.45) is 7.05 Å². The summed E-state index contributed by atoms with van der Waals surface area (Å²) in [5, 5.41) is 12.2. The topological polar surface area (TPSA) is 50.9 Å². The molecule has 5 heteroatoms. The first kappa shape index (κ1) is 8.39. The molecule has 0 saturated heterocycles. The lowest BCUT2D eigenvalue weighted by atomic mass is 10.7. The lowest BCUT2D eigenvalue weighted by Gasteiger charge is -1.89. The highest BCUT2D eigenvalue weighted by Gasteiger charge is 1.93. The number of hydrogen-bond donors (Lipinski definition) is 1. The monoisotopic (exact) mass is 149 g/mol. The van der Waals surface area contributed by atoms with Gasteiger partial charge in [-0.25, -0.2) is 4.98 Å². The highest BCUT2D eigenvalue weighted by Crippen LogP contribution is 1.86. The molecule has 1 N–H and O–H groups in total. The summed E-state index contributed by atoms with van der Waals surface area (Å²) in [7, 11) is 1.73. The third-order valence-corrected chi connectivity index (χ3v) is 0.947. The fraction of sp³-hybridized carbons (Fsp3) is 0.500. The number of aryl methyl sites for hydroxylation is 1. The van der Waals surface area contributed by atoms with E-state index in [0.29, 0.717) is 5.82 Å². The molecular formula is C4H8ClN3O. The van der Waals surface area contributed by atoms with Gasteiger partial charge >= 0.3 is 0 Å². The van der Waals surface area contributed by atoms with Gasteiger partial charge in [0.2, 0.25) is 0 Å². The van der Waals surface area contributed by atoms with E-state index in [0.717, 1.165) is 0 Å². The Hall–Kier alpha value is -0.610. The van der Waals surface area contributed by atoms with Crippen LogP contribution < -0.4 is 0 Å². The summed E-state index contributed by atoms with van der Waals surface area (Å²) >= 11 is 0. The maximum Gasteiger partial charge on any atom is 0.152 e. The van der Waals surface area contributed by atoms with Crippen LogP contribution in [0.4, 0.5) is 0 Å². The van der Waals surface area contributed by atoms with Crippen LogP contribution in [-0.2, 0) is 13.7 Å². The minimum Gasteiger partial charge on any atom is -0.388 e. The maximum atomic E-state index is 8.48. The molecule has 0 bridgehead atoms. The van der Waals surface area contributed by atoms with Crippen molar-refractivity contribution in [2.45, 2.75) is 6.61 Å². The van der Waals surface area contributed by atoms with Gasteiger partial charge in [-0.3, -0.25) is 4.68 Å². The number of halogens is 1. The van der Waals surface area contributed by atoms with Gasteiger partial charge in [0.15, 0.2) is 5.82 Å². The van der Waals surface area contributed by atoms with E-state index in [4.69, 9.17) is 5.11 Å². The van der Waals surface area contributed by atoms with Crippen LogP contribution >= 0.6 is 12.4 Å². The Morgan fingerprint density at radius 3 is 2.67 bits per heavy atom. The van der Waals surface area contributed by atoms with Crippen LogP contribution in [0, 0.1) is 0 Å². The van der Waals surface area contributed by atoms with E-state index >= 15 is 0 Å². The summed E-state index contributed by atoms with van der Waals surface area (Å²) in [6.45, 7) is -0.0451. The Morgan fingerprint density at radius 2 is 2.44 bits per heavy atom. The number of aliphatic hydroxyl groups is 1. The summed E-state index contributed by atoms with van der Waals surface area (Å²) in [6.07, 6.45) is 1.41. The number of hydrogen-bond acceptors (Lipinski definition) is 3. The molecular weight excluding hydrogens is 142 g/mol. The molecule has 9 heavy (non-hydrogen) atoms. The first-order valence-electron chi connectivity index (χ1n) is 2.28. The van der Waals surface area contributed by atoms with Crippen molar-refractivity contribution in [3.63, 3.8) is 0 Å². The molecule has 1 rings (SSSR count). The predicted octanol–water partition coefficient (Wildman–Crippen LogP) is -0.271. The van der Waals surface area contributed by atoms with Gasteiger partial charge in [-0.05, 0) is 0 Å². The minimum absolute atomic E-state index is 0. The molecule has 52 valence electrons. The summed E-state index contributed by atoms with van der Waals surface area (Å²) in [5.74, 6) is 0.588. The van der Waals surface area contributed by atoms with E-state index in [9.17, 15) is 0 Å². The number of rotatable bonds is 1. The van der Waals surface area contributed by atoms with E-state index in [2.05, 4.69) is 10.1 Å². The highest BCUT2D eigenvalue weighted by molar-refractivity contribution is 5.85. The smallest absolute Gasteiger partial charge is 0.152 e. The van der Waals surface area contributed by atoms with Gasteiger partial charge in [0.1, 0.15) is 12.9 Å². The molecule has 4 nitrogen and oxygen atoms in total. The standard InChI is InChI=1S/C4H7N3O.ClH/c1-7-4(2-8)5-3-6-7;/h3,8H,2H2,1H3;1H. The summed E-state index contributed by atoms with van der Waals surface area (Å²) in [6, 6.07) is 0. The van der Waals surface area contributed by atoms with Gasteiger partial charge in [-0.1, -0.05) is 0 Å². The number of nitrogens with zero attached hydrogens (tertiary/aromatic N) is 3. The van der Waals surface area contributed by atoms with Gasteiger partial charge in [0.25, 0.3) is 0 Å². The predicted molar refractivity (Wildman–Crippen MR) is 34.2 cm³/mol. The lowest BCUT2D eigenvalue weighted by Crippen LogP contribution is -1.97. The Balaban J connectivity index is 0.000000640. The molecule has 1 heterocycles. The zero-order valence-electron chi connectivity index (χ0n) is 4.98. The van der Waals surface area contributed by atoms with E-state index in [1.807, 2.05) is 0 Å². The molecule has 1 aromatic heterocycles. The van der Waals surface area contributed by atoms with Crippen molar-refractivity contribution in [1.82, 2.24) is 14.8 Å². The second-order valence-corrected chi connectivity index (χ2v) is 1.46. The molecule has 1 aromatic rings. The Kier molecular flexibility index (Phi) is 3.19. The second-order valence-electron chi connectivity index (χ2n) is 1.46. The zero-order valence-corrected chi connectivity index (χ0v) is 5.80. The third kappa shape index (κ3) is 1.65. The van der Waals surface area contributed by atoms with Crippen molar-refractivity contribution in [1.29, 1.82) is 0 Å². The zero-order chi connectivity index (χ0) is 5.98. The minimum atomic E-state index is -0.0451. The normalized spacial score (nSPS) is 8.67. The lowest BCUT2D eigenvalue weighted by molar-refractivity contribution is 0.265. The van der Waals surface area contributed by atoms with Crippen LogP contribution in [0.1, 0.15) is 5.82 Å². The first-order valence-corrected chi connectivity index (χ1v) is 2.28. The molecule has 0 amide bonds. The van der Waals surface area contributed by atoms with Crippen molar-refractivity contribution in [3.05, 3.63) is 12.2 Å². The highest BCUT2D eigenvalue weighted by atomic mass is 35.5. The quantitative estimate of drug-likeness (QED) is 0.598. The number of aliphatic hydroxyl groups excluding tert-OH is 1. The molecule has 0 aromatic carbocycles. The molecule has 0 aliphatic rings.